The Morgan fingerprint density at radius 2 is 1.94 bits per heavy atom. The summed E-state index contributed by atoms with van der Waals surface area (Å²) in [6.07, 6.45) is 3.10. The molecule has 4 heteroatoms. The molecule has 0 saturated heterocycles. The normalized spacial score (nSPS) is 10.6. The number of nitrogens with zero attached hydrogens (tertiary/aromatic N) is 2. The second kappa shape index (κ2) is 6.19. The minimum atomic E-state index is 0.743. The Morgan fingerprint density at radius 3 is 2.56 bits per heavy atom. The summed E-state index contributed by atoms with van der Waals surface area (Å²) >= 11 is 0. The zero-order valence-electron chi connectivity index (χ0n) is 10.9. The molecule has 0 aliphatic carbocycles. The van der Waals surface area contributed by atoms with E-state index in [1.165, 1.54) is 0 Å². The predicted molar refractivity (Wildman–Crippen MR) is 71.6 cm³/mol. The van der Waals surface area contributed by atoms with E-state index in [1.807, 2.05) is 24.3 Å². The van der Waals surface area contributed by atoms with Gasteiger partial charge in [0, 0.05) is 12.0 Å². The lowest BCUT2D eigenvalue weighted by Crippen LogP contribution is -1.96. The second-order valence-corrected chi connectivity index (χ2v) is 4.19. The molecule has 2 rings (SSSR count). The number of rotatable bonds is 6. The second-order valence-electron chi connectivity index (χ2n) is 4.19. The largest absolute Gasteiger partial charge is 0.494 e. The van der Waals surface area contributed by atoms with Gasteiger partial charge in [0.1, 0.15) is 11.6 Å². The summed E-state index contributed by atoms with van der Waals surface area (Å²) in [6.45, 7) is 4.98. The molecule has 0 radical (unpaired) electrons. The van der Waals surface area contributed by atoms with Crippen LogP contribution in [0.15, 0.2) is 24.3 Å². The van der Waals surface area contributed by atoms with E-state index in [9.17, 15) is 0 Å². The minimum absolute atomic E-state index is 0.743. The average molecular weight is 245 g/mol. The zero-order chi connectivity index (χ0) is 12.8. The van der Waals surface area contributed by atoms with Gasteiger partial charge in [0.05, 0.1) is 6.61 Å². The van der Waals surface area contributed by atoms with Gasteiger partial charge in [0.25, 0.3) is 0 Å². The van der Waals surface area contributed by atoms with Crippen molar-refractivity contribution >= 4 is 0 Å². The first kappa shape index (κ1) is 12.6. The van der Waals surface area contributed by atoms with Crippen LogP contribution in [0.5, 0.6) is 5.75 Å². The number of hydrogen-bond acceptors (Lipinski definition) is 3. The van der Waals surface area contributed by atoms with E-state index in [0.29, 0.717) is 0 Å². The van der Waals surface area contributed by atoms with E-state index in [2.05, 4.69) is 29.0 Å². The number of unbranched alkanes of at least 4 members (excludes halogenated alkanes) is 1. The molecule has 0 saturated carbocycles. The molecule has 0 amide bonds. The molecule has 0 aliphatic heterocycles. The van der Waals surface area contributed by atoms with E-state index < -0.39 is 0 Å². The molecule has 18 heavy (non-hydrogen) atoms. The van der Waals surface area contributed by atoms with Crippen molar-refractivity contribution in [2.24, 2.45) is 0 Å². The van der Waals surface area contributed by atoms with Gasteiger partial charge in [-0.2, -0.15) is 5.10 Å². The first-order valence-electron chi connectivity index (χ1n) is 6.48. The highest BCUT2D eigenvalue weighted by Crippen LogP contribution is 2.19. The van der Waals surface area contributed by atoms with Crippen LogP contribution in [0.1, 0.15) is 32.5 Å². The minimum Gasteiger partial charge on any atom is -0.494 e. The molecule has 0 unspecified atom stereocenters. The van der Waals surface area contributed by atoms with Gasteiger partial charge in [-0.15, -0.1) is 0 Å². The third kappa shape index (κ3) is 3.09. The summed E-state index contributed by atoms with van der Waals surface area (Å²) in [7, 11) is 0. The number of aromatic nitrogens is 3. The number of aromatic amines is 1. The van der Waals surface area contributed by atoms with Crippen LogP contribution in [0.3, 0.4) is 0 Å². The molecule has 96 valence electrons. The van der Waals surface area contributed by atoms with E-state index in [1.54, 1.807) is 0 Å². The molecular formula is C14H19N3O. The first-order chi connectivity index (χ1) is 8.83. The topological polar surface area (TPSA) is 50.8 Å². The Morgan fingerprint density at radius 1 is 1.17 bits per heavy atom. The van der Waals surface area contributed by atoms with Gasteiger partial charge in [0.2, 0.25) is 0 Å². The summed E-state index contributed by atoms with van der Waals surface area (Å²) in [4.78, 5) is 4.40. The SMILES string of the molecule is CCCCOc1ccc(-c2n[nH]c(CC)n2)cc1. The van der Waals surface area contributed by atoms with E-state index in [0.717, 1.165) is 48.8 Å². The Hall–Kier alpha value is -1.84. The molecule has 2 aromatic rings. The standard InChI is InChI=1S/C14H19N3O/c1-3-5-10-18-12-8-6-11(7-9-12)14-15-13(4-2)16-17-14/h6-9H,3-5,10H2,1-2H3,(H,15,16,17). The van der Waals surface area contributed by atoms with Gasteiger partial charge in [-0.3, -0.25) is 5.10 Å². The van der Waals surface area contributed by atoms with Crippen molar-refractivity contribution in [1.82, 2.24) is 15.2 Å². The van der Waals surface area contributed by atoms with Crippen molar-refractivity contribution in [3.05, 3.63) is 30.1 Å². The highest BCUT2D eigenvalue weighted by atomic mass is 16.5. The van der Waals surface area contributed by atoms with E-state index in [-0.39, 0.29) is 0 Å². The Bertz CT molecular complexity index is 476. The lowest BCUT2D eigenvalue weighted by atomic mass is 10.2. The monoisotopic (exact) mass is 245 g/mol. The molecule has 1 heterocycles. The number of nitrogens with one attached hydrogen (secondary N) is 1. The molecule has 1 aromatic heterocycles. The molecular weight excluding hydrogens is 226 g/mol. The molecule has 0 spiro atoms. The van der Waals surface area contributed by atoms with Crippen LogP contribution in [0.4, 0.5) is 0 Å². The van der Waals surface area contributed by atoms with Crippen molar-refractivity contribution in [2.45, 2.75) is 33.1 Å². The predicted octanol–water partition coefficient (Wildman–Crippen LogP) is 3.21. The van der Waals surface area contributed by atoms with Crippen molar-refractivity contribution in [2.75, 3.05) is 6.61 Å². The quantitative estimate of drug-likeness (QED) is 0.795. The van der Waals surface area contributed by atoms with Gasteiger partial charge >= 0.3 is 0 Å². The molecule has 4 nitrogen and oxygen atoms in total. The Labute approximate surface area is 107 Å². The maximum atomic E-state index is 5.62. The van der Waals surface area contributed by atoms with Gasteiger partial charge < -0.3 is 4.74 Å². The summed E-state index contributed by atoms with van der Waals surface area (Å²) < 4.78 is 5.62. The van der Waals surface area contributed by atoms with Crippen LogP contribution >= 0.6 is 0 Å². The maximum Gasteiger partial charge on any atom is 0.181 e. The average Bonchev–Trinajstić information content (AvgIpc) is 2.89. The summed E-state index contributed by atoms with van der Waals surface area (Å²) in [5, 5.41) is 7.10. The fourth-order valence-corrected chi connectivity index (χ4v) is 1.62. The Kier molecular flexibility index (Phi) is 4.34. The van der Waals surface area contributed by atoms with E-state index in [4.69, 9.17) is 4.74 Å². The van der Waals surface area contributed by atoms with Crippen LogP contribution in [-0.4, -0.2) is 21.8 Å². The van der Waals surface area contributed by atoms with Gasteiger partial charge in [-0.25, -0.2) is 4.98 Å². The molecule has 0 bridgehead atoms. The highest BCUT2D eigenvalue weighted by Gasteiger charge is 2.04. The lowest BCUT2D eigenvalue weighted by Gasteiger charge is -2.05. The van der Waals surface area contributed by atoms with Crippen LogP contribution in [0.2, 0.25) is 0 Å². The van der Waals surface area contributed by atoms with Gasteiger partial charge in [-0.1, -0.05) is 20.3 Å². The molecule has 1 N–H and O–H groups in total. The molecule has 1 aromatic carbocycles. The van der Waals surface area contributed by atoms with Crippen LogP contribution in [0, 0.1) is 0 Å². The molecule has 0 atom stereocenters. The number of benzene rings is 1. The third-order valence-electron chi connectivity index (χ3n) is 2.75. The van der Waals surface area contributed by atoms with Crippen molar-refractivity contribution < 1.29 is 4.74 Å². The third-order valence-corrected chi connectivity index (χ3v) is 2.75. The molecule has 0 aliphatic rings. The molecule has 0 fully saturated rings. The summed E-state index contributed by atoms with van der Waals surface area (Å²) in [6, 6.07) is 7.91. The smallest absolute Gasteiger partial charge is 0.181 e. The van der Waals surface area contributed by atoms with E-state index >= 15 is 0 Å². The van der Waals surface area contributed by atoms with Crippen molar-refractivity contribution in [1.29, 1.82) is 0 Å². The fraction of sp³-hybridized carbons (Fsp3) is 0.429. The van der Waals surface area contributed by atoms with Gasteiger partial charge in [0.15, 0.2) is 5.82 Å². The van der Waals surface area contributed by atoms with Crippen LogP contribution in [-0.2, 0) is 6.42 Å². The highest BCUT2D eigenvalue weighted by molar-refractivity contribution is 5.55. The summed E-state index contributed by atoms with van der Waals surface area (Å²) in [5.74, 6) is 2.55. The maximum absolute atomic E-state index is 5.62. The van der Waals surface area contributed by atoms with Crippen molar-refractivity contribution in [3.63, 3.8) is 0 Å². The van der Waals surface area contributed by atoms with Gasteiger partial charge in [-0.05, 0) is 30.7 Å². The van der Waals surface area contributed by atoms with Crippen LogP contribution in [0.25, 0.3) is 11.4 Å². The number of H-pyrrole nitrogens is 1. The fourth-order valence-electron chi connectivity index (χ4n) is 1.62. The Balaban J connectivity index is 2.02. The summed E-state index contributed by atoms with van der Waals surface area (Å²) in [5.41, 5.74) is 1.01. The van der Waals surface area contributed by atoms with Crippen LogP contribution < -0.4 is 4.74 Å². The zero-order valence-corrected chi connectivity index (χ0v) is 10.9. The van der Waals surface area contributed by atoms with Crippen molar-refractivity contribution in [3.8, 4) is 17.1 Å². The number of hydrogen-bond donors (Lipinski definition) is 1. The first-order valence-corrected chi connectivity index (χ1v) is 6.48. The number of aryl methyl sites for hydroxylation is 1. The number of ether oxygens (including phenoxy) is 1. The lowest BCUT2D eigenvalue weighted by molar-refractivity contribution is 0.309.